The first-order valence-corrected chi connectivity index (χ1v) is 8.24. The van der Waals surface area contributed by atoms with E-state index in [1.807, 2.05) is 23.6 Å². The molecule has 0 saturated carbocycles. The van der Waals surface area contributed by atoms with E-state index in [4.69, 9.17) is 15.1 Å². The van der Waals surface area contributed by atoms with Crippen LogP contribution in [0.5, 0.6) is 0 Å². The summed E-state index contributed by atoms with van der Waals surface area (Å²) in [6.07, 6.45) is 3.14. The monoisotopic (exact) mass is 333 g/mol. The van der Waals surface area contributed by atoms with E-state index < -0.39 is 0 Å². The minimum atomic E-state index is 0.241. The summed E-state index contributed by atoms with van der Waals surface area (Å²) in [6, 6.07) is 8.17. The van der Waals surface area contributed by atoms with Gasteiger partial charge in [0.05, 0.1) is 5.69 Å². The van der Waals surface area contributed by atoms with Crippen molar-refractivity contribution in [1.29, 1.82) is 0 Å². The van der Waals surface area contributed by atoms with E-state index in [-0.39, 0.29) is 5.92 Å². The van der Waals surface area contributed by atoms with Crippen molar-refractivity contribution in [2.45, 2.75) is 33.6 Å². The Morgan fingerprint density at radius 1 is 1.00 bits per heavy atom. The lowest BCUT2D eigenvalue weighted by Gasteiger charge is -2.09. The molecule has 126 valence electrons. The number of fused-ring (bicyclic) bond motifs is 1. The fourth-order valence-electron chi connectivity index (χ4n) is 2.84. The molecule has 1 aromatic carbocycles. The summed E-state index contributed by atoms with van der Waals surface area (Å²) in [5.41, 5.74) is 3.88. The minimum absolute atomic E-state index is 0.241. The van der Waals surface area contributed by atoms with E-state index in [1.54, 1.807) is 11.0 Å². The highest BCUT2D eigenvalue weighted by molar-refractivity contribution is 5.67. The Morgan fingerprint density at radius 2 is 1.76 bits per heavy atom. The van der Waals surface area contributed by atoms with Gasteiger partial charge in [-0.2, -0.15) is 5.10 Å². The number of hydrogen-bond acceptors (Lipinski definition) is 5. The summed E-state index contributed by atoms with van der Waals surface area (Å²) in [4.78, 5) is 13.5. The van der Waals surface area contributed by atoms with Crippen molar-refractivity contribution in [3.05, 3.63) is 54.0 Å². The van der Waals surface area contributed by atoms with Gasteiger partial charge in [-0.25, -0.2) is 24.1 Å². The number of nitrogens with zero attached hydrogens (tertiary/aromatic N) is 7. The van der Waals surface area contributed by atoms with Crippen LogP contribution in [0.1, 0.15) is 36.8 Å². The first-order chi connectivity index (χ1) is 12.0. The molecule has 7 heteroatoms. The van der Waals surface area contributed by atoms with Gasteiger partial charge in [0.15, 0.2) is 11.6 Å². The molecule has 0 fully saturated rings. The molecule has 0 radical (unpaired) electrons. The molecule has 0 aliphatic rings. The van der Waals surface area contributed by atoms with Crippen molar-refractivity contribution in [1.82, 2.24) is 34.3 Å². The van der Waals surface area contributed by atoms with Crippen LogP contribution in [0.15, 0.2) is 36.9 Å². The highest BCUT2D eigenvalue weighted by Crippen LogP contribution is 2.25. The third-order valence-corrected chi connectivity index (χ3v) is 4.13. The highest BCUT2D eigenvalue weighted by Gasteiger charge is 2.20. The zero-order valence-electron chi connectivity index (χ0n) is 14.7. The van der Waals surface area contributed by atoms with Crippen LogP contribution in [0.25, 0.3) is 22.7 Å². The van der Waals surface area contributed by atoms with Crippen molar-refractivity contribution in [3.8, 4) is 17.2 Å². The number of rotatable bonds is 3. The summed E-state index contributed by atoms with van der Waals surface area (Å²) >= 11 is 0. The van der Waals surface area contributed by atoms with Crippen molar-refractivity contribution < 1.29 is 0 Å². The third-order valence-electron chi connectivity index (χ3n) is 4.13. The minimum Gasteiger partial charge on any atom is -0.236 e. The predicted octanol–water partition coefficient (Wildman–Crippen LogP) is 3.11. The van der Waals surface area contributed by atoms with Crippen LogP contribution in [-0.4, -0.2) is 34.3 Å². The lowest BCUT2D eigenvalue weighted by atomic mass is 10.1. The predicted molar refractivity (Wildman–Crippen MR) is 94.7 cm³/mol. The third kappa shape index (κ3) is 2.57. The van der Waals surface area contributed by atoms with Crippen LogP contribution in [0.3, 0.4) is 0 Å². The number of aryl methyl sites for hydroxylation is 2. The van der Waals surface area contributed by atoms with Gasteiger partial charge in [0.1, 0.15) is 24.0 Å². The average Bonchev–Trinajstić information content (AvgIpc) is 3.23. The molecule has 0 saturated heterocycles. The SMILES string of the molecule is Cc1ccc(-c2nc(-n3cncn3)c3c(C)nc(C(C)C)n3n2)cc1. The normalized spacial score (nSPS) is 11.6. The molecule has 0 spiro atoms. The van der Waals surface area contributed by atoms with Crippen LogP contribution in [0.4, 0.5) is 0 Å². The first kappa shape index (κ1) is 15.4. The van der Waals surface area contributed by atoms with Crippen LogP contribution < -0.4 is 0 Å². The van der Waals surface area contributed by atoms with E-state index in [0.29, 0.717) is 11.6 Å². The van der Waals surface area contributed by atoms with Gasteiger partial charge in [-0.1, -0.05) is 43.7 Å². The van der Waals surface area contributed by atoms with Gasteiger partial charge in [-0.15, -0.1) is 5.10 Å². The lowest BCUT2D eigenvalue weighted by molar-refractivity contribution is 0.715. The van der Waals surface area contributed by atoms with Gasteiger partial charge in [0.2, 0.25) is 0 Å². The summed E-state index contributed by atoms with van der Waals surface area (Å²) in [7, 11) is 0. The second-order valence-electron chi connectivity index (χ2n) is 6.44. The molecule has 3 heterocycles. The second-order valence-corrected chi connectivity index (χ2v) is 6.44. The summed E-state index contributed by atoms with van der Waals surface area (Å²) in [6.45, 7) is 8.25. The second kappa shape index (κ2) is 5.77. The fraction of sp³-hybridized carbons (Fsp3) is 0.278. The molecule has 0 aliphatic carbocycles. The van der Waals surface area contributed by atoms with Crippen LogP contribution in [-0.2, 0) is 0 Å². The highest BCUT2D eigenvalue weighted by atomic mass is 15.4. The fourth-order valence-corrected chi connectivity index (χ4v) is 2.84. The molecule has 7 nitrogen and oxygen atoms in total. The number of hydrogen-bond donors (Lipinski definition) is 0. The molecule has 0 atom stereocenters. The Bertz CT molecular complexity index is 1030. The summed E-state index contributed by atoms with van der Waals surface area (Å²) in [5.74, 6) is 2.47. The van der Waals surface area contributed by atoms with E-state index >= 15 is 0 Å². The molecule has 4 aromatic rings. The van der Waals surface area contributed by atoms with Crippen molar-refractivity contribution in [3.63, 3.8) is 0 Å². The quantitative estimate of drug-likeness (QED) is 0.576. The van der Waals surface area contributed by atoms with E-state index in [2.05, 4.69) is 43.0 Å². The maximum atomic E-state index is 4.77. The summed E-state index contributed by atoms with van der Waals surface area (Å²) < 4.78 is 3.55. The van der Waals surface area contributed by atoms with Gasteiger partial charge in [-0.05, 0) is 13.8 Å². The maximum absolute atomic E-state index is 4.77. The van der Waals surface area contributed by atoms with Crippen LogP contribution >= 0.6 is 0 Å². The van der Waals surface area contributed by atoms with Gasteiger partial charge >= 0.3 is 0 Å². The van der Waals surface area contributed by atoms with E-state index in [1.165, 1.54) is 11.9 Å². The maximum Gasteiger partial charge on any atom is 0.185 e. The van der Waals surface area contributed by atoms with Crippen molar-refractivity contribution in [2.75, 3.05) is 0 Å². The largest absolute Gasteiger partial charge is 0.236 e. The number of imidazole rings is 1. The van der Waals surface area contributed by atoms with Crippen molar-refractivity contribution >= 4 is 5.52 Å². The van der Waals surface area contributed by atoms with E-state index in [0.717, 1.165) is 22.6 Å². The molecule has 4 rings (SSSR count). The van der Waals surface area contributed by atoms with Gasteiger partial charge in [-0.3, -0.25) is 0 Å². The van der Waals surface area contributed by atoms with Crippen LogP contribution in [0.2, 0.25) is 0 Å². The topological polar surface area (TPSA) is 73.8 Å². The molecule has 0 N–H and O–H groups in total. The number of benzene rings is 1. The Morgan fingerprint density at radius 3 is 2.40 bits per heavy atom. The summed E-state index contributed by atoms with van der Waals surface area (Å²) in [5, 5.41) is 9.02. The van der Waals surface area contributed by atoms with Gasteiger partial charge < -0.3 is 0 Å². The zero-order chi connectivity index (χ0) is 17.6. The molecule has 3 aromatic heterocycles. The molecule has 25 heavy (non-hydrogen) atoms. The van der Waals surface area contributed by atoms with Crippen molar-refractivity contribution in [2.24, 2.45) is 0 Å². The molecule has 0 unspecified atom stereocenters. The number of aromatic nitrogens is 7. The van der Waals surface area contributed by atoms with Gasteiger partial charge in [0.25, 0.3) is 0 Å². The first-order valence-electron chi connectivity index (χ1n) is 8.24. The van der Waals surface area contributed by atoms with Crippen LogP contribution in [0, 0.1) is 13.8 Å². The zero-order valence-corrected chi connectivity index (χ0v) is 14.7. The Balaban J connectivity index is 2.05. The smallest absolute Gasteiger partial charge is 0.185 e. The molecule has 0 bridgehead atoms. The Labute approximate surface area is 145 Å². The lowest BCUT2D eigenvalue weighted by Crippen LogP contribution is -2.09. The van der Waals surface area contributed by atoms with Gasteiger partial charge in [0, 0.05) is 11.5 Å². The standard InChI is InChI=1S/C18H19N7/c1-11(2)17-21-13(4)15-18(24-10-19-9-20-24)22-16(23-25(15)17)14-7-5-12(3)6-8-14/h5-11H,1-4H3. The Kier molecular flexibility index (Phi) is 3.56. The van der Waals surface area contributed by atoms with E-state index in [9.17, 15) is 0 Å². The molecular weight excluding hydrogens is 314 g/mol. The average molecular weight is 333 g/mol. The Hall–Kier alpha value is -3.09. The molecule has 0 aliphatic heterocycles. The molecule has 0 amide bonds. The molecular formula is C18H19N7.